The predicted molar refractivity (Wildman–Crippen MR) is 54.2 cm³/mol. The Hall–Kier alpha value is 0.270. The van der Waals surface area contributed by atoms with Crippen LogP contribution in [0, 0.1) is 0 Å². The first-order valence-electron chi connectivity index (χ1n) is 4.43. The summed E-state index contributed by atoms with van der Waals surface area (Å²) in [4.78, 5) is 0. The molecule has 0 aromatic rings. The number of nitrogens with zero attached hydrogens (tertiary/aromatic N) is 1. The third-order valence-corrected chi connectivity index (χ3v) is 3.70. The molecule has 1 saturated heterocycles. The summed E-state index contributed by atoms with van der Waals surface area (Å²) in [5.74, 6) is 0. The molecule has 0 aromatic heterocycles. The van der Waals surface area contributed by atoms with Gasteiger partial charge in [-0.15, -0.1) is 0 Å². The molecule has 2 nitrogen and oxygen atoms in total. The van der Waals surface area contributed by atoms with Gasteiger partial charge in [-0.05, 0) is 40.5 Å². The Labute approximate surface area is 80.5 Å². The maximum Gasteiger partial charge on any atom is 0.0575 e. The van der Waals surface area contributed by atoms with E-state index in [1.807, 2.05) is 0 Å². The molecule has 0 radical (unpaired) electrons. The van der Waals surface area contributed by atoms with Crippen LogP contribution in [0.3, 0.4) is 0 Å². The summed E-state index contributed by atoms with van der Waals surface area (Å²) < 4.78 is 2.06. The molecule has 3 heteroatoms. The molecule has 0 amide bonds. The smallest absolute Gasteiger partial charge is 0.0575 e. The topological polar surface area (TPSA) is 23.5 Å². The molecule has 0 saturated carbocycles. The van der Waals surface area contributed by atoms with Gasteiger partial charge in [-0.25, -0.2) is 4.31 Å². The number of aliphatic hydroxyl groups is 1. The average molecular weight is 189 g/mol. The van der Waals surface area contributed by atoms with Crippen molar-refractivity contribution in [3.8, 4) is 0 Å². The fourth-order valence-corrected chi connectivity index (χ4v) is 2.38. The van der Waals surface area contributed by atoms with Gasteiger partial charge in [0.25, 0.3) is 0 Å². The van der Waals surface area contributed by atoms with Crippen LogP contribution in [0.5, 0.6) is 0 Å². The van der Waals surface area contributed by atoms with E-state index < -0.39 is 0 Å². The van der Waals surface area contributed by atoms with Gasteiger partial charge in [0, 0.05) is 11.1 Å². The Morgan fingerprint density at radius 3 is 1.83 bits per heavy atom. The number of hydrogen-bond acceptors (Lipinski definition) is 3. The molecular formula is C9H19NOS. The quantitative estimate of drug-likeness (QED) is 0.568. The molecule has 1 N–H and O–H groups in total. The van der Waals surface area contributed by atoms with Crippen molar-refractivity contribution in [1.82, 2.24) is 4.31 Å². The number of hydrogen-bond donors (Lipinski definition) is 2. The van der Waals surface area contributed by atoms with Crippen LogP contribution in [-0.4, -0.2) is 26.6 Å². The molecule has 72 valence electrons. The molecule has 0 atom stereocenters. The normalized spacial score (nSPS) is 30.5. The van der Waals surface area contributed by atoms with Crippen molar-refractivity contribution >= 4 is 12.8 Å². The Balaban J connectivity index is 2.84. The van der Waals surface area contributed by atoms with Crippen LogP contribution in [0.15, 0.2) is 0 Å². The van der Waals surface area contributed by atoms with Crippen molar-refractivity contribution in [3.05, 3.63) is 0 Å². The molecule has 1 aliphatic heterocycles. The van der Waals surface area contributed by atoms with Crippen molar-refractivity contribution in [2.75, 3.05) is 0 Å². The first kappa shape index (κ1) is 10.4. The van der Waals surface area contributed by atoms with Gasteiger partial charge in [0.1, 0.15) is 0 Å². The highest BCUT2D eigenvalue weighted by Gasteiger charge is 2.43. The standard InChI is InChI=1S/C9H19NOS/c1-8(2)5-7(11)6-9(3,4)10(8)12/h7,11-12H,5-6H2,1-4H3. The average Bonchev–Trinajstić information content (AvgIpc) is 1.80. The summed E-state index contributed by atoms with van der Waals surface area (Å²) in [6.07, 6.45) is 1.43. The van der Waals surface area contributed by atoms with E-state index in [0.29, 0.717) is 0 Å². The van der Waals surface area contributed by atoms with Gasteiger partial charge in [-0.3, -0.25) is 0 Å². The van der Waals surface area contributed by atoms with Crippen molar-refractivity contribution in [2.24, 2.45) is 0 Å². The highest BCUT2D eigenvalue weighted by molar-refractivity contribution is 7.77. The van der Waals surface area contributed by atoms with Crippen molar-refractivity contribution in [2.45, 2.75) is 57.7 Å². The van der Waals surface area contributed by atoms with E-state index in [9.17, 15) is 5.11 Å². The van der Waals surface area contributed by atoms with E-state index in [2.05, 4.69) is 44.8 Å². The Morgan fingerprint density at radius 2 is 1.50 bits per heavy atom. The zero-order valence-corrected chi connectivity index (χ0v) is 9.23. The lowest BCUT2D eigenvalue weighted by atomic mass is 9.81. The molecule has 1 heterocycles. The van der Waals surface area contributed by atoms with E-state index >= 15 is 0 Å². The molecule has 0 bridgehead atoms. The van der Waals surface area contributed by atoms with E-state index in [4.69, 9.17) is 0 Å². The zero-order chi connectivity index (χ0) is 9.57. The molecule has 1 fully saturated rings. The monoisotopic (exact) mass is 189 g/mol. The third-order valence-electron chi connectivity index (χ3n) is 2.62. The van der Waals surface area contributed by atoms with Gasteiger partial charge in [-0.2, -0.15) is 0 Å². The molecular weight excluding hydrogens is 170 g/mol. The minimum atomic E-state index is -0.182. The highest BCUT2D eigenvalue weighted by atomic mass is 32.1. The number of rotatable bonds is 0. The van der Waals surface area contributed by atoms with Crippen LogP contribution in [-0.2, 0) is 0 Å². The minimum absolute atomic E-state index is 0.00965. The predicted octanol–water partition coefficient (Wildman–Crippen LogP) is 1.85. The van der Waals surface area contributed by atoms with Gasteiger partial charge in [0.05, 0.1) is 6.10 Å². The first-order valence-corrected chi connectivity index (χ1v) is 4.83. The maximum absolute atomic E-state index is 9.64. The van der Waals surface area contributed by atoms with Gasteiger partial charge in [0.15, 0.2) is 0 Å². The van der Waals surface area contributed by atoms with Crippen LogP contribution >= 0.6 is 12.8 Å². The summed E-state index contributed by atoms with van der Waals surface area (Å²) in [5, 5.41) is 9.64. The number of aliphatic hydroxyl groups excluding tert-OH is 1. The largest absolute Gasteiger partial charge is 0.393 e. The van der Waals surface area contributed by atoms with E-state index in [1.54, 1.807) is 0 Å². The molecule has 1 aliphatic rings. The van der Waals surface area contributed by atoms with Gasteiger partial charge >= 0.3 is 0 Å². The van der Waals surface area contributed by atoms with Crippen molar-refractivity contribution < 1.29 is 5.11 Å². The lowest BCUT2D eigenvalue weighted by Crippen LogP contribution is -2.57. The van der Waals surface area contributed by atoms with Gasteiger partial charge in [0.2, 0.25) is 0 Å². The number of thiol groups is 1. The molecule has 0 aliphatic carbocycles. The molecule has 1 rings (SSSR count). The molecule has 12 heavy (non-hydrogen) atoms. The second kappa shape index (κ2) is 2.89. The van der Waals surface area contributed by atoms with Gasteiger partial charge < -0.3 is 5.11 Å². The first-order chi connectivity index (χ1) is 5.26. The lowest BCUT2D eigenvalue weighted by Gasteiger charge is -2.51. The molecule has 0 aromatic carbocycles. The second-order valence-corrected chi connectivity index (χ2v) is 5.40. The summed E-state index contributed by atoms with van der Waals surface area (Å²) in [6.45, 7) is 8.46. The highest BCUT2D eigenvalue weighted by Crippen LogP contribution is 2.39. The minimum Gasteiger partial charge on any atom is -0.393 e. The fraction of sp³-hybridized carbons (Fsp3) is 1.00. The SMILES string of the molecule is CC1(C)CC(O)CC(C)(C)N1S. The third kappa shape index (κ3) is 1.78. The Kier molecular flexibility index (Phi) is 2.50. The summed E-state index contributed by atoms with van der Waals surface area (Å²) in [5.41, 5.74) is -0.0193. The van der Waals surface area contributed by atoms with Crippen LogP contribution < -0.4 is 0 Å². The Morgan fingerprint density at radius 1 is 1.17 bits per heavy atom. The molecule has 0 spiro atoms. The van der Waals surface area contributed by atoms with Crippen molar-refractivity contribution in [1.29, 1.82) is 0 Å². The molecule has 0 unspecified atom stereocenters. The van der Waals surface area contributed by atoms with E-state index in [1.165, 1.54) is 0 Å². The van der Waals surface area contributed by atoms with E-state index in [0.717, 1.165) is 12.8 Å². The zero-order valence-electron chi connectivity index (χ0n) is 8.33. The fourth-order valence-electron chi connectivity index (χ4n) is 2.22. The second-order valence-electron chi connectivity index (χ2n) is 5.00. The van der Waals surface area contributed by atoms with Crippen LogP contribution in [0.4, 0.5) is 0 Å². The van der Waals surface area contributed by atoms with Gasteiger partial charge in [-0.1, -0.05) is 12.8 Å². The van der Waals surface area contributed by atoms with Crippen molar-refractivity contribution in [3.63, 3.8) is 0 Å². The van der Waals surface area contributed by atoms with E-state index in [-0.39, 0.29) is 17.2 Å². The van der Waals surface area contributed by atoms with Crippen LogP contribution in [0.2, 0.25) is 0 Å². The Bertz CT molecular complexity index is 161. The summed E-state index contributed by atoms with van der Waals surface area (Å²) in [6, 6.07) is 0. The summed E-state index contributed by atoms with van der Waals surface area (Å²) in [7, 11) is 0. The van der Waals surface area contributed by atoms with Crippen LogP contribution in [0.1, 0.15) is 40.5 Å². The lowest BCUT2D eigenvalue weighted by molar-refractivity contribution is -0.0186. The maximum atomic E-state index is 9.64. The number of piperidine rings is 1. The summed E-state index contributed by atoms with van der Waals surface area (Å²) >= 11 is 4.49. The van der Waals surface area contributed by atoms with Crippen LogP contribution in [0.25, 0.3) is 0 Å².